The number of rotatable bonds is 6. The number of hydrogen-bond acceptors (Lipinski definition) is 3. The van der Waals surface area contributed by atoms with E-state index in [0.717, 1.165) is 22.6 Å². The molecule has 0 radical (unpaired) electrons. The molecule has 0 heterocycles. The van der Waals surface area contributed by atoms with Gasteiger partial charge in [-0.3, -0.25) is 9.79 Å². The first-order chi connectivity index (χ1) is 12.1. The second-order valence-electron chi connectivity index (χ2n) is 5.47. The van der Waals surface area contributed by atoms with Crippen LogP contribution in [0, 0.1) is 0 Å². The molecule has 0 aliphatic rings. The molecule has 0 atom stereocenters. The minimum absolute atomic E-state index is 0.0839. The Hall–Kier alpha value is -3.02. The predicted octanol–water partition coefficient (Wildman–Crippen LogP) is 2.52. The Balaban J connectivity index is 1.91. The molecular formula is C19H24N4O2. The summed E-state index contributed by atoms with van der Waals surface area (Å²) < 4.78 is 5.35. The van der Waals surface area contributed by atoms with Crippen molar-refractivity contribution in [1.29, 1.82) is 0 Å². The van der Waals surface area contributed by atoms with Crippen LogP contribution in [0.3, 0.4) is 0 Å². The van der Waals surface area contributed by atoms with Crippen LogP contribution in [0.5, 0.6) is 5.75 Å². The first-order valence-electron chi connectivity index (χ1n) is 8.05. The van der Waals surface area contributed by atoms with Crippen molar-refractivity contribution < 1.29 is 9.53 Å². The molecule has 132 valence electrons. The number of benzene rings is 2. The molecule has 0 aliphatic heterocycles. The van der Waals surface area contributed by atoms with Crippen LogP contribution in [0.25, 0.3) is 0 Å². The van der Waals surface area contributed by atoms with E-state index in [1.807, 2.05) is 48.5 Å². The fourth-order valence-corrected chi connectivity index (χ4v) is 2.40. The molecule has 0 fully saturated rings. The topological polar surface area (TPSA) is 74.8 Å². The van der Waals surface area contributed by atoms with E-state index >= 15 is 0 Å². The van der Waals surface area contributed by atoms with Gasteiger partial charge in [0.1, 0.15) is 5.75 Å². The zero-order valence-corrected chi connectivity index (χ0v) is 14.8. The number of guanidine groups is 1. The summed E-state index contributed by atoms with van der Waals surface area (Å²) in [5.74, 6) is 1.45. The van der Waals surface area contributed by atoms with E-state index in [-0.39, 0.29) is 5.91 Å². The highest BCUT2D eigenvalue weighted by Gasteiger charge is 2.04. The molecule has 6 nitrogen and oxygen atoms in total. The highest BCUT2D eigenvalue weighted by Crippen LogP contribution is 2.16. The summed E-state index contributed by atoms with van der Waals surface area (Å²) in [6.07, 6.45) is 0. The summed E-state index contributed by atoms with van der Waals surface area (Å²) in [5, 5.41) is 9.31. The molecule has 1 amide bonds. The largest absolute Gasteiger partial charge is 0.496 e. The fraction of sp³-hybridized carbons (Fsp3) is 0.263. The van der Waals surface area contributed by atoms with Crippen molar-refractivity contribution in [2.45, 2.75) is 20.0 Å². The van der Waals surface area contributed by atoms with E-state index in [1.54, 1.807) is 14.2 Å². The number of para-hydroxylation sites is 1. The third kappa shape index (κ3) is 5.84. The van der Waals surface area contributed by atoms with Crippen LogP contribution in [-0.4, -0.2) is 26.0 Å². The van der Waals surface area contributed by atoms with Crippen LogP contribution >= 0.6 is 0 Å². The van der Waals surface area contributed by atoms with Gasteiger partial charge in [-0.25, -0.2) is 0 Å². The molecule has 0 bridgehead atoms. The molecule has 0 saturated carbocycles. The maximum atomic E-state index is 11.1. The maximum absolute atomic E-state index is 11.1. The SMILES string of the molecule is CN=C(NCc1cccc(NC(C)=O)c1)NCc1ccccc1OC. The number of carbonyl (C=O) groups is 1. The molecule has 2 aromatic carbocycles. The molecule has 25 heavy (non-hydrogen) atoms. The average Bonchev–Trinajstić information content (AvgIpc) is 2.62. The van der Waals surface area contributed by atoms with Crippen LogP contribution < -0.4 is 20.7 Å². The first-order valence-corrected chi connectivity index (χ1v) is 8.05. The van der Waals surface area contributed by atoms with Crippen LogP contribution in [0.4, 0.5) is 5.69 Å². The van der Waals surface area contributed by atoms with Crippen LogP contribution in [0.15, 0.2) is 53.5 Å². The van der Waals surface area contributed by atoms with Gasteiger partial charge >= 0.3 is 0 Å². The van der Waals surface area contributed by atoms with Gasteiger partial charge < -0.3 is 20.7 Å². The molecule has 0 aliphatic carbocycles. The summed E-state index contributed by atoms with van der Waals surface area (Å²) in [4.78, 5) is 15.4. The third-order valence-corrected chi connectivity index (χ3v) is 3.57. The van der Waals surface area contributed by atoms with Gasteiger partial charge in [0.15, 0.2) is 5.96 Å². The number of nitrogens with zero attached hydrogens (tertiary/aromatic N) is 1. The lowest BCUT2D eigenvalue weighted by atomic mass is 10.2. The van der Waals surface area contributed by atoms with Gasteiger partial charge in [-0.15, -0.1) is 0 Å². The number of aliphatic imine (C=N–C) groups is 1. The van der Waals surface area contributed by atoms with Crippen LogP contribution in [0.2, 0.25) is 0 Å². The number of nitrogens with one attached hydrogen (secondary N) is 3. The van der Waals surface area contributed by atoms with Gasteiger partial charge in [-0.05, 0) is 23.8 Å². The standard InChI is InChI=1S/C19H24N4O2/c1-14(24)23-17-9-6-7-15(11-17)12-21-19(20-2)22-13-16-8-4-5-10-18(16)25-3/h4-11H,12-13H2,1-3H3,(H,23,24)(H2,20,21,22). The first kappa shape index (κ1) is 18.3. The summed E-state index contributed by atoms with van der Waals surface area (Å²) in [7, 11) is 3.39. The molecule has 0 saturated heterocycles. The highest BCUT2D eigenvalue weighted by atomic mass is 16.5. The molecular weight excluding hydrogens is 316 g/mol. The predicted molar refractivity (Wildman–Crippen MR) is 101 cm³/mol. The summed E-state index contributed by atoms with van der Waals surface area (Å²) in [6.45, 7) is 2.70. The zero-order chi connectivity index (χ0) is 18.1. The Kier molecular flexibility index (Phi) is 6.83. The van der Waals surface area contributed by atoms with Gasteiger partial charge in [0, 0.05) is 38.3 Å². The van der Waals surface area contributed by atoms with Gasteiger partial charge in [0.05, 0.1) is 7.11 Å². The lowest BCUT2D eigenvalue weighted by Gasteiger charge is -2.14. The molecule has 2 aromatic rings. The molecule has 2 rings (SSSR count). The average molecular weight is 340 g/mol. The van der Waals surface area contributed by atoms with E-state index in [1.165, 1.54) is 6.92 Å². The van der Waals surface area contributed by atoms with E-state index in [4.69, 9.17) is 4.74 Å². The van der Waals surface area contributed by atoms with Crippen molar-refractivity contribution in [3.05, 3.63) is 59.7 Å². The molecule has 0 unspecified atom stereocenters. The number of hydrogen-bond donors (Lipinski definition) is 3. The minimum atomic E-state index is -0.0839. The molecule has 0 aromatic heterocycles. The van der Waals surface area contributed by atoms with Gasteiger partial charge in [-0.2, -0.15) is 0 Å². The number of amides is 1. The number of ether oxygens (including phenoxy) is 1. The Morgan fingerprint density at radius 3 is 2.56 bits per heavy atom. The molecule has 6 heteroatoms. The second-order valence-corrected chi connectivity index (χ2v) is 5.47. The van der Waals surface area contributed by atoms with Gasteiger partial charge in [-0.1, -0.05) is 30.3 Å². The van der Waals surface area contributed by atoms with E-state index in [2.05, 4.69) is 20.9 Å². The lowest BCUT2D eigenvalue weighted by Crippen LogP contribution is -2.36. The Morgan fingerprint density at radius 2 is 1.84 bits per heavy atom. The van der Waals surface area contributed by atoms with Crippen molar-refractivity contribution in [2.24, 2.45) is 4.99 Å². The molecule has 3 N–H and O–H groups in total. The van der Waals surface area contributed by atoms with Crippen molar-refractivity contribution in [3.63, 3.8) is 0 Å². The number of methoxy groups -OCH3 is 1. The van der Waals surface area contributed by atoms with Gasteiger partial charge in [0.2, 0.25) is 5.91 Å². The van der Waals surface area contributed by atoms with E-state index in [9.17, 15) is 4.79 Å². The number of carbonyl (C=O) groups excluding carboxylic acids is 1. The van der Waals surface area contributed by atoms with Crippen LogP contribution in [0.1, 0.15) is 18.1 Å². The Bertz CT molecular complexity index is 744. The summed E-state index contributed by atoms with van der Waals surface area (Å²) in [5.41, 5.74) is 2.89. The number of anilines is 1. The maximum Gasteiger partial charge on any atom is 0.221 e. The van der Waals surface area contributed by atoms with Crippen molar-refractivity contribution >= 4 is 17.6 Å². The Labute approximate surface area is 148 Å². The van der Waals surface area contributed by atoms with Crippen LogP contribution in [-0.2, 0) is 17.9 Å². The monoisotopic (exact) mass is 340 g/mol. The fourth-order valence-electron chi connectivity index (χ4n) is 2.40. The van der Waals surface area contributed by atoms with Crippen molar-refractivity contribution in [3.8, 4) is 5.75 Å². The smallest absolute Gasteiger partial charge is 0.221 e. The minimum Gasteiger partial charge on any atom is -0.496 e. The normalized spacial score (nSPS) is 10.9. The second kappa shape index (κ2) is 9.32. The van der Waals surface area contributed by atoms with E-state index in [0.29, 0.717) is 19.0 Å². The zero-order valence-electron chi connectivity index (χ0n) is 14.8. The van der Waals surface area contributed by atoms with E-state index < -0.39 is 0 Å². The lowest BCUT2D eigenvalue weighted by molar-refractivity contribution is -0.114. The summed E-state index contributed by atoms with van der Waals surface area (Å²) in [6, 6.07) is 15.6. The highest BCUT2D eigenvalue weighted by molar-refractivity contribution is 5.88. The molecule has 0 spiro atoms. The van der Waals surface area contributed by atoms with Crippen molar-refractivity contribution in [2.75, 3.05) is 19.5 Å². The van der Waals surface area contributed by atoms with Crippen molar-refractivity contribution in [1.82, 2.24) is 10.6 Å². The Morgan fingerprint density at radius 1 is 1.08 bits per heavy atom. The van der Waals surface area contributed by atoms with Gasteiger partial charge in [0.25, 0.3) is 0 Å². The third-order valence-electron chi connectivity index (χ3n) is 3.57. The summed E-state index contributed by atoms with van der Waals surface area (Å²) >= 11 is 0. The quantitative estimate of drug-likeness (QED) is 0.558.